The number of nitriles is 1. The van der Waals surface area contributed by atoms with Gasteiger partial charge in [-0.1, -0.05) is 13.8 Å². The predicted molar refractivity (Wildman–Crippen MR) is 103 cm³/mol. The van der Waals surface area contributed by atoms with Crippen LogP contribution in [0.25, 0.3) is 5.65 Å². The van der Waals surface area contributed by atoms with Crippen molar-refractivity contribution in [2.45, 2.75) is 44.6 Å². The fourth-order valence-electron chi connectivity index (χ4n) is 3.96. The Labute approximate surface area is 178 Å². The maximum absolute atomic E-state index is 13.1. The van der Waals surface area contributed by atoms with Gasteiger partial charge in [-0.2, -0.15) is 19.1 Å². The number of hydrogen-bond donors (Lipinski definition) is 1. The Bertz CT molecular complexity index is 1250. The summed E-state index contributed by atoms with van der Waals surface area (Å²) < 4.78 is 56.6. The molecule has 1 aliphatic carbocycles. The normalized spacial score (nSPS) is 16.9. The number of fused-ring (bicyclic) bond motifs is 3. The van der Waals surface area contributed by atoms with Crippen LogP contribution in [0.1, 0.15) is 55.1 Å². The maximum Gasteiger partial charge on any atom is 0.388 e. The van der Waals surface area contributed by atoms with Gasteiger partial charge in [-0.05, 0) is 12.5 Å². The second-order valence-electron chi connectivity index (χ2n) is 7.90. The molecular weight excluding hydrogens is 432 g/mol. The van der Waals surface area contributed by atoms with Crippen LogP contribution in [0.2, 0.25) is 0 Å². The fraction of sp³-hybridized carbons (Fsp3) is 0.350. The van der Waals surface area contributed by atoms with E-state index in [9.17, 15) is 22.4 Å². The average molecular weight is 448 g/mol. The van der Waals surface area contributed by atoms with E-state index in [4.69, 9.17) is 5.26 Å². The van der Waals surface area contributed by atoms with E-state index in [1.165, 1.54) is 22.8 Å². The van der Waals surface area contributed by atoms with Gasteiger partial charge in [0.15, 0.2) is 5.65 Å². The Kier molecular flexibility index (Phi) is 5.20. The van der Waals surface area contributed by atoms with E-state index in [0.29, 0.717) is 17.7 Å². The summed E-state index contributed by atoms with van der Waals surface area (Å²) in [7, 11) is 0. The Hall–Kier alpha value is -3.75. The number of carbonyl (C=O) groups excluding carboxylic acids is 1. The molecule has 0 radical (unpaired) electrons. The first-order valence-electron chi connectivity index (χ1n) is 9.43. The second kappa shape index (κ2) is 7.74. The molecule has 3 aromatic heterocycles. The van der Waals surface area contributed by atoms with E-state index in [1.54, 1.807) is 6.07 Å². The SMILES string of the molecule is CC1(C)C[C@@H](C(=O)Nc2cnc(OC(F)F)c(C#N)c2)c2cnc3cc(C(F)F)nn3c21. The standard InChI is InChI=1S/C20H16F4N6O2/c1-20(2)5-11(12-8-26-14-4-13(16(21)22)29-30(14)15(12)20)17(31)28-10-3-9(6-25)18(27-7-10)32-19(23)24/h3-4,7-8,11,16,19H,5H2,1-2H3,(H,28,31)/t11-/m1/s1. The van der Waals surface area contributed by atoms with Gasteiger partial charge >= 0.3 is 6.61 Å². The lowest BCUT2D eigenvalue weighted by Gasteiger charge is -2.19. The van der Waals surface area contributed by atoms with E-state index in [1.807, 2.05) is 13.8 Å². The quantitative estimate of drug-likeness (QED) is 0.593. The van der Waals surface area contributed by atoms with Crippen LogP contribution in [0.4, 0.5) is 23.2 Å². The number of halogens is 4. The molecule has 0 aromatic carbocycles. The van der Waals surface area contributed by atoms with Crippen molar-refractivity contribution in [1.82, 2.24) is 19.6 Å². The van der Waals surface area contributed by atoms with Crippen molar-refractivity contribution >= 4 is 17.2 Å². The number of alkyl halides is 4. The van der Waals surface area contributed by atoms with Crippen LogP contribution in [-0.4, -0.2) is 32.1 Å². The topological polar surface area (TPSA) is 105 Å². The highest BCUT2D eigenvalue weighted by atomic mass is 19.3. The summed E-state index contributed by atoms with van der Waals surface area (Å²) in [6.07, 6.45) is 0.166. The van der Waals surface area contributed by atoms with Crippen LogP contribution in [-0.2, 0) is 10.2 Å². The number of carbonyl (C=O) groups is 1. The lowest BCUT2D eigenvalue weighted by atomic mass is 9.88. The fourth-order valence-corrected chi connectivity index (χ4v) is 3.96. The summed E-state index contributed by atoms with van der Waals surface area (Å²) in [5.74, 6) is -1.68. The van der Waals surface area contributed by atoms with Gasteiger partial charge in [0.05, 0.1) is 23.5 Å². The number of nitrogens with one attached hydrogen (secondary N) is 1. The van der Waals surface area contributed by atoms with Gasteiger partial charge in [0.1, 0.15) is 17.3 Å². The van der Waals surface area contributed by atoms with Crippen molar-refractivity contribution in [2.75, 3.05) is 5.32 Å². The summed E-state index contributed by atoms with van der Waals surface area (Å²) in [6.45, 7) is 0.590. The monoisotopic (exact) mass is 448 g/mol. The maximum atomic E-state index is 13.1. The molecule has 1 N–H and O–H groups in total. The van der Waals surface area contributed by atoms with Gasteiger partial charge in [0.2, 0.25) is 11.8 Å². The summed E-state index contributed by atoms with van der Waals surface area (Å²) >= 11 is 0. The molecule has 166 valence electrons. The molecule has 1 amide bonds. The summed E-state index contributed by atoms with van der Waals surface area (Å²) in [5.41, 5.74) is 0.263. The van der Waals surface area contributed by atoms with Gasteiger partial charge in [-0.25, -0.2) is 23.3 Å². The number of aromatic nitrogens is 4. The molecule has 0 saturated carbocycles. The Balaban J connectivity index is 1.66. The minimum atomic E-state index is -3.15. The molecule has 8 nitrogen and oxygen atoms in total. The lowest BCUT2D eigenvalue weighted by molar-refractivity contribution is -0.117. The van der Waals surface area contributed by atoms with E-state index in [0.717, 1.165) is 6.20 Å². The van der Waals surface area contributed by atoms with E-state index in [2.05, 4.69) is 25.1 Å². The van der Waals surface area contributed by atoms with Crippen molar-refractivity contribution < 1.29 is 27.1 Å². The highest BCUT2D eigenvalue weighted by Gasteiger charge is 2.43. The van der Waals surface area contributed by atoms with E-state index >= 15 is 0 Å². The number of amides is 1. The molecule has 12 heteroatoms. The third kappa shape index (κ3) is 3.70. The number of pyridine rings is 1. The van der Waals surface area contributed by atoms with Crippen molar-refractivity contribution in [3.8, 4) is 11.9 Å². The smallest absolute Gasteiger partial charge is 0.388 e. The highest BCUT2D eigenvalue weighted by molar-refractivity contribution is 5.96. The van der Waals surface area contributed by atoms with Crippen molar-refractivity contribution in [2.24, 2.45) is 0 Å². The average Bonchev–Trinajstić information content (AvgIpc) is 3.27. The zero-order chi connectivity index (χ0) is 23.2. The zero-order valence-corrected chi connectivity index (χ0v) is 16.8. The number of ether oxygens (including phenoxy) is 1. The first kappa shape index (κ1) is 21.5. The van der Waals surface area contributed by atoms with Crippen LogP contribution in [0.3, 0.4) is 0 Å². The summed E-state index contributed by atoms with van der Waals surface area (Å²) in [4.78, 5) is 20.9. The van der Waals surface area contributed by atoms with Crippen LogP contribution < -0.4 is 10.1 Å². The lowest BCUT2D eigenvalue weighted by Crippen LogP contribution is -2.22. The molecule has 3 heterocycles. The van der Waals surface area contributed by atoms with E-state index < -0.39 is 41.9 Å². The molecule has 0 fully saturated rings. The van der Waals surface area contributed by atoms with Crippen molar-refractivity contribution in [3.63, 3.8) is 0 Å². The number of nitrogens with zero attached hydrogens (tertiary/aromatic N) is 5. The van der Waals surface area contributed by atoms with E-state index in [-0.39, 0.29) is 16.9 Å². The number of rotatable bonds is 5. The molecule has 0 saturated heterocycles. The van der Waals surface area contributed by atoms with Gasteiger partial charge in [-0.15, -0.1) is 0 Å². The molecule has 0 spiro atoms. The third-order valence-corrected chi connectivity index (χ3v) is 5.24. The van der Waals surface area contributed by atoms with Crippen LogP contribution in [0, 0.1) is 11.3 Å². The highest BCUT2D eigenvalue weighted by Crippen LogP contribution is 2.46. The number of hydrogen-bond acceptors (Lipinski definition) is 6. The molecule has 1 aliphatic rings. The van der Waals surface area contributed by atoms with Crippen LogP contribution in [0.5, 0.6) is 5.88 Å². The summed E-state index contributed by atoms with van der Waals surface area (Å²) in [6, 6.07) is 4.06. The minimum Gasteiger partial charge on any atom is -0.415 e. The Morgan fingerprint density at radius 1 is 1.28 bits per heavy atom. The van der Waals surface area contributed by atoms with Crippen LogP contribution >= 0.6 is 0 Å². The van der Waals surface area contributed by atoms with Gasteiger partial charge in [-0.3, -0.25) is 4.79 Å². The summed E-state index contributed by atoms with van der Waals surface area (Å²) in [5, 5.41) is 15.7. The second-order valence-corrected chi connectivity index (χ2v) is 7.90. The molecule has 0 unspecified atom stereocenters. The van der Waals surface area contributed by atoms with Gasteiger partial charge < -0.3 is 10.1 Å². The number of anilines is 1. The molecule has 3 aromatic rings. The largest absolute Gasteiger partial charge is 0.415 e. The third-order valence-electron chi connectivity index (χ3n) is 5.24. The zero-order valence-electron chi connectivity index (χ0n) is 16.8. The first-order valence-corrected chi connectivity index (χ1v) is 9.43. The predicted octanol–water partition coefficient (Wildman–Crippen LogP) is 3.94. The minimum absolute atomic E-state index is 0.118. The Morgan fingerprint density at radius 2 is 2.03 bits per heavy atom. The molecule has 32 heavy (non-hydrogen) atoms. The molecule has 0 bridgehead atoms. The van der Waals surface area contributed by atoms with Crippen molar-refractivity contribution in [3.05, 3.63) is 47.0 Å². The van der Waals surface area contributed by atoms with Gasteiger partial charge in [0.25, 0.3) is 6.43 Å². The Morgan fingerprint density at radius 3 is 2.69 bits per heavy atom. The molecular formula is C20H16F4N6O2. The van der Waals surface area contributed by atoms with Crippen LogP contribution in [0.15, 0.2) is 24.5 Å². The van der Waals surface area contributed by atoms with Gasteiger partial charge in [0, 0.05) is 23.2 Å². The molecule has 1 atom stereocenters. The molecule has 0 aliphatic heterocycles. The molecule has 4 rings (SSSR count). The first-order chi connectivity index (χ1) is 15.1. The van der Waals surface area contributed by atoms with Crippen molar-refractivity contribution in [1.29, 1.82) is 5.26 Å².